The number of rotatable bonds is 2. The van der Waals surface area contributed by atoms with Crippen molar-refractivity contribution in [1.29, 1.82) is 0 Å². The molecule has 0 saturated heterocycles. The second-order valence-electron chi connectivity index (χ2n) is 6.78. The van der Waals surface area contributed by atoms with Crippen molar-refractivity contribution < 1.29 is 10.2 Å². The van der Waals surface area contributed by atoms with Crippen LogP contribution in [0, 0.1) is 0 Å². The van der Waals surface area contributed by atoms with Crippen LogP contribution in [-0.4, -0.2) is 15.2 Å². The Labute approximate surface area is 157 Å². The molecule has 0 saturated carbocycles. The molecular formula is C24H17NO2. The van der Waals surface area contributed by atoms with Gasteiger partial charge in [-0.15, -0.1) is 0 Å². The van der Waals surface area contributed by atoms with E-state index in [-0.39, 0.29) is 11.5 Å². The van der Waals surface area contributed by atoms with Crippen molar-refractivity contribution in [3.8, 4) is 45.1 Å². The van der Waals surface area contributed by atoms with Crippen LogP contribution in [0.4, 0.5) is 0 Å². The first-order valence-corrected chi connectivity index (χ1v) is 8.90. The standard InChI is InChI=1S/C24H17NO2/c26-17-10-11-18-16(12-17)13-21-20(15-6-2-1-3-7-15)14-22(25-24(18)21)19-8-4-5-9-23(19)27/h1-12,14,26-27H,13H2. The molecule has 5 rings (SSSR count). The molecule has 130 valence electrons. The van der Waals surface area contributed by atoms with Crippen LogP contribution in [0.5, 0.6) is 11.5 Å². The highest BCUT2D eigenvalue weighted by Crippen LogP contribution is 2.44. The Morgan fingerprint density at radius 2 is 1.48 bits per heavy atom. The first-order valence-electron chi connectivity index (χ1n) is 8.90. The second kappa shape index (κ2) is 5.99. The van der Waals surface area contributed by atoms with Crippen LogP contribution in [0.1, 0.15) is 11.1 Å². The number of pyridine rings is 1. The van der Waals surface area contributed by atoms with Crippen molar-refractivity contribution in [2.24, 2.45) is 0 Å². The Hall–Kier alpha value is -3.59. The summed E-state index contributed by atoms with van der Waals surface area (Å²) in [7, 11) is 0. The largest absolute Gasteiger partial charge is 0.508 e. The van der Waals surface area contributed by atoms with Crippen molar-refractivity contribution in [3.63, 3.8) is 0 Å². The van der Waals surface area contributed by atoms with E-state index in [1.807, 2.05) is 48.5 Å². The van der Waals surface area contributed by atoms with Gasteiger partial charge in [-0.2, -0.15) is 0 Å². The van der Waals surface area contributed by atoms with Crippen LogP contribution in [0.3, 0.4) is 0 Å². The van der Waals surface area contributed by atoms with Gasteiger partial charge >= 0.3 is 0 Å². The summed E-state index contributed by atoms with van der Waals surface area (Å²) in [6.45, 7) is 0. The third-order valence-electron chi connectivity index (χ3n) is 5.10. The highest BCUT2D eigenvalue weighted by molar-refractivity contribution is 5.86. The topological polar surface area (TPSA) is 53.4 Å². The van der Waals surface area contributed by atoms with Gasteiger partial charge in [-0.1, -0.05) is 42.5 Å². The number of phenols is 2. The molecule has 0 amide bonds. The molecule has 0 atom stereocenters. The Morgan fingerprint density at radius 1 is 0.704 bits per heavy atom. The number of hydrogen-bond acceptors (Lipinski definition) is 3. The number of fused-ring (bicyclic) bond motifs is 3. The molecule has 0 unspecified atom stereocenters. The fourth-order valence-corrected chi connectivity index (χ4v) is 3.82. The Bertz CT molecular complexity index is 1170. The van der Waals surface area contributed by atoms with E-state index in [2.05, 4.69) is 18.2 Å². The number of phenolic OH excluding ortho intramolecular Hbond substituents is 2. The molecule has 4 aromatic rings. The van der Waals surface area contributed by atoms with E-state index in [1.165, 1.54) is 0 Å². The molecule has 1 aliphatic carbocycles. The molecule has 3 aromatic carbocycles. The summed E-state index contributed by atoms with van der Waals surface area (Å²) in [5.41, 5.74) is 7.86. The van der Waals surface area contributed by atoms with E-state index in [9.17, 15) is 10.2 Å². The predicted molar refractivity (Wildman–Crippen MR) is 107 cm³/mol. The maximum Gasteiger partial charge on any atom is 0.124 e. The summed E-state index contributed by atoms with van der Waals surface area (Å²) < 4.78 is 0. The van der Waals surface area contributed by atoms with Crippen molar-refractivity contribution in [2.75, 3.05) is 0 Å². The molecule has 0 bridgehead atoms. The number of aromatic hydroxyl groups is 2. The zero-order valence-electron chi connectivity index (χ0n) is 14.6. The zero-order valence-corrected chi connectivity index (χ0v) is 14.6. The number of benzene rings is 3. The monoisotopic (exact) mass is 351 g/mol. The van der Waals surface area contributed by atoms with Gasteiger partial charge < -0.3 is 10.2 Å². The average Bonchev–Trinajstić information content (AvgIpc) is 3.05. The smallest absolute Gasteiger partial charge is 0.124 e. The van der Waals surface area contributed by atoms with E-state index >= 15 is 0 Å². The van der Waals surface area contributed by atoms with Gasteiger partial charge in [-0.05, 0) is 58.7 Å². The molecule has 1 heterocycles. The Balaban J connectivity index is 1.80. The maximum absolute atomic E-state index is 10.3. The van der Waals surface area contributed by atoms with Crippen molar-refractivity contribution in [3.05, 3.63) is 90.0 Å². The molecule has 2 N–H and O–H groups in total. The lowest BCUT2D eigenvalue weighted by molar-refractivity contribution is 0.475. The lowest BCUT2D eigenvalue weighted by atomic mass is 9.96. The van der Waals surface area contributed by atoms with E-state index in [4.69, 9.17) is 4.98 Å². The van der Waals surface area contributed by atoms with E-state index < -0.39 is 0 Å². The Kier molecular flexibility index (Phi) is 3.47. The molecule has 0 fully saturated rings. The summed E-state index contributed by atoms with van der Waals surface area (Å²) in [5, 5.41) is 20.2. The molecule has 1 aliphatic rings. The lowest BCUT2D eigenvalue weighted by Gasteiger charge is -2.13. The van der Waals surface area contributed by atoms with Gasteiger partial charge in [0.15, 0.2) is 0 Å². The van der Waals surface area contributed by atoms with Crippen LogP contribution in [0.2, 0.25) is 0 Å². The summed E-state index contributed by atoms with van der Waals surface area (Å²) in [6, 6.07) is 25.0. The number of para-hydroxylation sites is 1. The average molecular weight is 351 g/mol. The second-order valence-corrected chi connectivity index (χ2v) is 6.78. The summed E-state index contributed by atoms with van der Waals surface area (Å²) in [6.07, 6.45) is 0.733. The normalized spacial score (nSPS) is 11.9. The molecule has 1 aromatic heterocycles. The van der Waals surface area contributed by atoms with Crippen LogP contribution >= 0.6 is 0 Å². The minimum Gasteiger partial charge on any atom is -0.508 e. The van der Waals surface area contributed by atoms with Gasteiger partial charge in [-0.25, -0.2) is 4.98 Å². The predicted octanol–water partition coefficient (Wildman–Crippen LogP) is 5.40. The lowest BCUT2D eigenvalue weighted by Crippen LogP contribution is -1.94. The van der Waals surface area contributed by atoms with Crippen LogP contribution < -0.4 is 0 Å². The van der Waals surface area contributed by atoms with Crippen LogP contribution in [-0.2, 0) is 6.42 Å². The zero-order chi connectivity index (χ0) is 18.4. The molecule has 27 heavy (non-hydrogen) atoms. The van der Waals surface area contributed by atoms with E-state index in [1.54, 1.807) is 12.1 Å². The van der Waals surface area contributed by atoms with Crippen molar-refractivity contribution >= 4 is 0 Å². The van der Waals surface area contributed by atoms with Crippen LogP contribution in [0.15, 0.2) is 78.9 Å². The molecule has 3 nitrogen and oxygen atoms in total. The molecule has 0 aliphatic heterocycles. The highest BCUT2D eigenvalue weighted by Gasteiger charge is 2.25. The van der Waals surface area contributed by atoms with Gasteiger partial charge in [0.2, 0.25) is 0 Å². The maximum atomic E-state index is 10.3. The van der Waals surface area contributed by atoms with Gasteiger partial charge in [0, 0.05) is 17.5 Å². The molecule has 0 spiro atoms. The summed E-state index contributed by atoms with van der Waals surface area (Å²) in [4.78, 5) is 4.90. The number of hydrogen-bond donors (Lipinski definition) is 2. The third kappa shape index (κ3) is 2.56. The van der Waals surface area contributed by atoms with Gasteiger partial charge in [-0.3, -0.25) is 0 Å². The molecule has 3 heteroatoms. The first-order chi connectivity index (χ1) is 13.2. The van der Waals surface area contributed by atoms with Gasteiger partial charge in [0.25, 0.3) is 0 Å². The van der Waals surface area contributed by atoms with E-state index in [0.29, 0.717) is 5.56 Å². The van der Waals surface area contributed by atoms with Gasteiger partial charge in [0.05, 0.1) is 11.4 Å². The fraction of sp³-hybridized carbons (Fsp3) is 0.0417. The summed E-state index contributed by atoms with van der Waals surface area (Å²) in [5.74, 6) is 0.483. The Morgan fingerprint density at radius 3 is 2.30 bits per heavy atom. The molecule has 0 radical (unpaired) electrons. The van der Waals surface area contributed by atoms with Crippen LogP contribution in [0.25, 0.3) is 33.6 Å². The molecular weight excluding hydrogens is 334 g/mol. The van der Waals surface area contributed by atoms with Gasteiger partial charge in [0.1, 0.15) is 11.5 Å². The minimum atomic E-state index is 0.216. The highest BCUT2D eigenvalue weighted by atomic mass is 16.3. The van der Waals surface area contributed by atoms with Crippen molar-refractivity contribution in [2.45, 2.75) is 6.42 Å². The number of aromatic nitrogens is 1. The van der Waals surface area contributed by atoms with E-state index in [0.717, 1.165) is 45.6 Å². The summed E-state index contributed by atoms with van der Waals surface area (Å²) >= 11 is 0. The first kappa shape index (κ1) is 15.6. The quantitative estimate of drug-likeness (QED) is 0.448. The van der Waals surface area contributed by atoms with Crippen molar-refractivity contribution in [1.82, 2.24) is 4.98 Å². The minimum absolute atomic E-state index is 0.216. The fourth-order valence-electron chi connectivity index (χ4n) is 3.82. The SMILES string of the molecule is Oc1ccc2c(c1)Cc1c(-c3ccccc3)cc(-c3ccccc3O)nc1-2. The third-order valence-corrected chi connectivity index (χ3v) is 5.10. The number of nitrogens with zero attached hydrogens (tertiary/aromatic N) is 1.